The van der Waals surface area contributed by atoms with E-state index in [0.717, 1.165) is 17.1 Å². The van der Waals surface area contributed by atoms with Crippen LogP contribution in [-0.4, -0.2) is 42.1 Å². The lowest BCUT2D eigenvalue weighted by Crippen LogP contribution is -2.29. The molecule has 0 heterocycles. The van der Waals surface area contributed by atoms with Crippen LogP contribution in [0.1, 0.15) is 12.5 Å². The molecule has 0 saturated heterocycles. The molecule has 0 unspecified atom stereocenters. The standard InChI is InChI=1S/C12H19N3O2S/c1-3-15(7-8-16)9-5-4-6-10(18-2)11(9)12(13)14-17/h4-6,16-17H,3,7-8H2,1-2H3,(H2,13,14). The van der Waals surface area contributed by atoms with Gasteiger partial charge in [0.2, 0.25) is 0 Å². The van der Waals surface area contributed by atoms with E-state index >= 15 is 0 Å². The van der Waals surface area contributed by atoms with E-state index in [1.165, 1.54) is 11.8 Å². The first kappa shape index (κ1) is 14.7. The van der Waals surface area contributed by atoms with Crippen LogP contribution in [0, 0.1) is 0 Å². The molecule has 0 aliphatic rings. The van der Waals surface area contributed by atoms with Crippen molar-refractivity contribution in [1.82, 2.24) is 0 Å². The molecule has 0 aromatic heterocycles. The molecule has 6 heteroatoms. The largest absolute Gasteiger partial charge is 0.409 e. The molecule has 1 aromatic carbocycles. The number of thioether (sulfide) groups is 1. The van der Waals surface area contributed by atoms with Crippen molar-refractivity contribution >= 4 is 23.3 Å². The predicted molar refractivity (Wildman–Crippen MR) is 75.7 cm³/mol. The molecule has 0 radical (unpaired) electrons. The van der Waals surface area contributed by atoms with Crippen LogP contribution in [0.3, 0.4) is 0 Å². The monoisotopic (exact) mass is 269 g/mol. The molecule has 4 N–H and O–H groups in total. The van der Waals surface area contributed by atoms with Gasteiger partial charge in [-0.3, -0.25) is 0 Å². The number of hydrogen-bond acceptors (Lipinski definition) is 5. The summed E-state index contributed by atoms with van der Waals surface area (Å²) in [5, 5.41) is 21.1. The highest BCUT2D eigenvalue weighted by Crippen LogP contribution is 2.29. The Kier molecular flexibility index (Phi) is 5.80. The summed E-state index contributed by atoms with van der Waals surface area (Å²) in [6.07, 6.45) is 1.94. The highest BCUT2D eigenvalue weighted by molar-refractivity contribution is 7.98. The highest BCUT2D eigenvalue weighted by atomic mass is 32.2. The third-order valence-electron chi connectivity index (χ3n) is 2.68. The fourth-order valence-corrected chi connectivity index (χ4v) is 2.46. The molecule has 1 aromatic rings. The number of rotatable bonds is 6. The zero-order chi connectivity index (χ0) is 13.5. The maximum absolute atomic E-state index is 9.08. The van der Waals surface area contributed by atoms with Crippen LogP contribution in [0.15, 0.2) is 28.3 Å². The molecule has 0 aliphatic carbocycles. The van der Waals surface area contributed by atoms with Crippen molar-refractivity contribution in [1.29, 1.82) is 0 Å². The molecule has 0 saturated carbocycles. The van der Waals surface area contributed by atoms with Crippen molar-refractivity contribution in [2.45, 2.75) is 11.8 Å². The van der Waals surface area contributed by atoms with E-state index in [-0.39, 0.29) is 12.4 Å². The molecule has 18 heavy (non-hydrogen) atoms. The lowest BCUT2D eigenvalue weighted by atomic mass is 10.1. The Balaban J connectivity index is 3.33. The quantitative estimate of drug-likeness (QED) is 0.238. The van der Waals surface area contributed by atoms with Crippen molar-refractivity contribution in [3.63, 3.8) is 0 Å². The summed E-state index contributed by atoms with van der Waals surface area (Å²) >= 11 is 1.54. The van der Waals surface area contributed by atoms with Gasteiger partial charge < -0.3 is 20.9 Å². The summed E-state index contributed by atoms with van der Waals surface area (Å²) in [5.41, 5.74) is 7.34. The Labute approximate surface area is 111 Å². The number of amidine groups is 1. The van der Waals surface area contributed by atoms with Crippen LogP contribution >= 0.6 is 11.8 Å². The Morgan fingerprint density at radius 1 is 1.50 bits per heavy atom. The number of oxime groups is 1. The minimum atomic E-state index is 0.0624. The zero-order valence-electron chi connectivity index (χ0n) is 10.6. The van der Waals surface area contributed by atoms with Crippen LogP contribution < -0.4 is 10.6 Å². The summed E-state index contributed by atoms with van der Waals surface area (Å²) in [6, 6.07) is 5.76. The topological polar surface area (TPSA) is 82.1 Å². The van der Waals surface area contributed by atoms with Gasteiger partial charge in [-0.2, -0.15) is 0 Å². The van der Waals surface area contributed by atoms with Crippen LogP contribution in [0.2, 0.25) is 0 Å². The van der Waals surface area contributed by atoms with E-state index < -0.39 is 0 Å². The second kappa shape index (κ2) is 7.13. The van der Waals surface area contributed by atoms with Crippen LogP contribution in [-0.2, 0) is 0 Å². The first-order valence-corrected chi connectivity index (χ1v) is 6.92. The van der Waals surface area contributed by atoms with Crippen molar-refractivity contribution in [3.05, 3.63) is 23.8 Å². The lowest BCUT2D eigenvalue weighted by molar-refractivity contribution is 0.302. The number of aliphatic hydroxyl groups excluding tert-OH is 1. The van der Waals surface area contributed by atoms with E-state index in [1.807, 2.05) is 36.3 Å². The Morgan fingerprint density at radius 3 is 2.72 bits per heavy atom. The first-order chi connectivity index (χ1) is 8.69. The van der Waals surface area contributed by atoms with E-state index in [9.17, 15) is 0 Å². The van der Waals surface area contributed by atoms with E-state index in [4.69, 9.17) is 16.0 Å². The minimum absolute atomic E-state index is 0.0624. The second-order valence-corrected chi connectivity index (χ2v) is 4.49. The Morgan fingerprint density at radius 2 is 2.22 bits per heavy atom. The summed E-state index contributed by atoms with van der Waals surface area (Å²) < 4.78 is 0. The van der Waals surface area contributed by atoms with Crippen molar-refractivity contribution < 1.29 is 10.3 Å². The highest BCUT2D eigenvalue weighted by Gasteiger charge is 2.16. The molecule has 0 spiro atoms. The summed E-state index contributed by atoms with van der Waals surface area (Å²) in [4.78, 5) is 2.94. The van der Waals surface area contributed by atoms with Gasteiger partial charge in [0.05, 0.1) is 12.2 Å². The van der Waals surface area contributed by atoms with Gasteiger partial charge in [-0.25, -0.2) is 0 Å². The van der Waals surface area contributed by atoms with Gasteiger partial charge in [0, 0.05) is 23.7 Å². The second-order valence-electron chi connectivity index (χ2n) is 3.64. The van der Waals surface area contributed by atoms with Crippen molar-refractivity contribution in [3.8, 4) is 0 Å². The number of aliphatic hydroxyl groups is 1. The molecule has 5 nitrogen and oxygen atoms in total. The average Bonchev–Trinajstić information content (AvgIpc) is 2.43. The van der Waals surface area contributed by atoms with Gasteiger partial charge in [0.25, 0.3) is 0 Å². The minimum Gasteiger partial charge on any atom is -0.409 e. The molecular weight excluding hydrogens is 250 g/mol. The Hall–Kier alpha value is -1.40. The fraction of sp³-hybridized carbons (Fsp3) is 0.417. The smallest absolute Gasteiger partial charge is 0.173 e. The number of likely N-dealkylation sites (N-methyl/N-ethyl adjacent to an activating group) is 1. The molecule has 1 rings (SSSR count). The van der Waals surface area contributed by atoms with Crippen LogP contribution in [0.5, 0.6) is 0 Å². The number of nitrogens with two attached hydrogens (primary N) is 1. The van der Waals surface area contributed by atoms with Crippen molar-refractivity contribution in [2.75, 3.05) is 30.9 Å². The normalized spacial score (nSPS) is 11.6. The molecule has 0 bridgehead atoms. The third-order valence-corrected chi connectivity index (χ3v) is 3.46. The van der Waals surface area contributed by atoms with Crippen molar-refractivity contribution in [2.24, 2.45) is 10.9 Å². The van der Waals surface area contributed by atoms with Gasteiger partial charge in [-0.05, 0) is 25.3 Å². The molecule has 0 fully saturated rings. The zero-order valence-corrected chi connectivity index (χ0v) is 11.4. The molecule has 0 aliphatic heterocycles. The van der Waals surface area contributed by atoms with Crippen LogP contribution in [0.25, 0.3) is 0 Å². The summed E-state index contributed by atoms with van der Waals surface area (Å²) in [7, 11) is 0. The molecule has 100 valence electrons. The molecule has 0 atom stereocenters. The number of benzene rings is 1. The van der Waals surface area contributed by atoms with Gasteiger partial charge in [-0.15, -0.1) is 11.8 Å². The average molecular weight is 269 g/mol. The molecule has 0 amide bonds. The van der Waals surface area contributed by atoms with E-state index in [1.54, 1.807) is 0 Å². The van der Waals surface area contributed by atoms with Gasteiger partial charge >= 0.3 is 0 Å². The van der Waals surface area contributed by atoms with E-state index in [2.05, 4.69) is 5.16 Å². The van der Waals surface area contributed by atoms with Gasteiger partial charge in [0.15, 0.2) is 5.84 Å². The fourth-order valence-electron chi connectivity index (χ4n) is 1.83. The Bertz CT molecular complexity index is 424. The summed E-state index contributed by atoms with van der Waals surface area (Å²) in [6.45, 7) is 3.31. The van der Waals surface area contributed by atoms with Crippen LogP contribution in [0.4, 0.5) is 5.69 Å². The molecular formula is C12H19N3O2S. The number of anilines is 1. The number of nitrogens with zero attached hydrogens (tertiary/aromatic N) is 2. The summed E-state index contributed by atoms with van der Waals surface area (Å²) in [5.74, 6) is 0.0892. The predicted octanol–water partition coefficient (Wildman–Crippen LogP) is 1.32. The lowest BCUT2D eigenvalue weighted by Gasteiger charge is -2.25. The number of hydrogen-bond donors (Lipinski definition) is 3. The van der Waals surface area contributed by atoms with E-state index in [0.29, 0.717) is 12.1 Å². The maximum atomic E-state index is 9.08. The SMILES string of the molecule is CCN(CCO)c1cccc(SC)c1/C(N)=N/O. The maximum Gasteiger partial charge on any atom is 0.173 e. The first-order valence-electron chi connectivity index (χ1n) is 5.70. The third kappa shape index (κ3) is 3.08. The van der Waals surface area contributed by atoms with Gasteiger partial charge in [0.1, 0.15) is 0 Å². The van der Waals surface area contributed by atoms with Gasteiger partial charge in [-0.1, -0.05) is 11.2 Å².